The molecule has 88 valence electrons. The van der Waals surface area contributed by atoms with Crippen LogP contribution in [-0.2, 0) is 6.42 Å². The van der Waals surface area contributed by atoms with Gasteiger partial charge in [0, 0.05) is 18.8 Å². The second-order valence-electron chi connectivity index (χ2n) is 4.53. The van der Waals surface area contributed by atoms with Gasteiger partial charge in [-0.1, -0.05) is 12.1 Å². The first kappa shape index (κ1) is 11.5. The molecule has 0 aromatic heterocycles. The molecule has 0 saturated carbocycles. The molecule has 1 saturated heterocycles. The van der Waals surface area contributed by atoms with Gasteiger partial charge in [0.15, 0.2) is 0 Å². The minimum Gasteiger partial charge on any atom is -0.385 e. The van der Waals surface area contributed by atoms with E-state index in [4.69, 9.17) is 0 Å². The first-order valence-electron chi connectivity index (χ1n) is 6.43. The summed E-state index contributed by atoms with van der Waals surface area (Å²) in [6.07, 6.45) is 3.96. The van der Waals surface area contributed by atoms with E-state index >= 15 is 0 Å². The second kappa shape index (κ2) is 5.90. The van der Waals surface area contributed by atoms with Gasteiger partial charge in [0.2, 0.25) is 0 Å². The van der Waals surface area contributed by atoms with Gasteiger partial charge in [0.25, 0.3) is 0 Å². The van der Waals surface area contributed by atoms with E-state index in [1.165, 1.54) is 50.1 Å². The number of anilines is 1. The molecule has 1 aliphatic heterocycles. The zero-order valence-electron chi connectivity index (χ0n) is 10.2. The Labute approximate surface area is 98.7 Å². The molecule has 0 unspecified atom stereocenters. The summed E-state index contributed by atoms with van der Waals surface area (Å²) in [5.41, 5.74) is 2.68. The predicted octanol–water partition coefficient (Wildman–Crippen LogP) is 2.76. The van der Waals surface area contributed by atoms with Crippen molar-refractivity contribution in [3.8, 4) is 0 Å². The van der Waals surface area contributed by atoms with Gasteiger partial charge < -0.3 is 10.2 Å². The molecule has 1 aromatic carbocycles. The van der Waals surface area contributed by atoms with Crippen LogP contribution in [0, 0.1) is 0 Å². The monoisotopic (exact) mass is 218 g/mol. The van der Waals surface area contributed by atoms with Crippen LogP contribution in [0.25, 0.3) is 0 Å². The van der Waals surface area contributed by atoms with E-state index in [9.17, 15) is 0 Å². The molecule has 1 fully saturated rings. The number of nitrogens with zero attached hydrogens (tertiary/aromatic N) is 1. The number of benzene rings is 1. The van der Waals surface area contributed by atoms with Gasteiger partial charge in [-0.25, -0.2) is 0 Å². The van der Waals surface area contributed by atoms with E-state index in [1.54, 1.807) is 0 Å². The Morgan fingerprint density at radius 1 is 1.12 bits per heavy atom. The van der Waals surface area contributed by atoms with Crippen LogP contribution in [0.2, 0.25) is 0 Å². The Balaban J connectivity index is 1.80. The van der Waals surface area contributed by atoms with Gasteiger partial charge in [-0.05, 0) is 57.0 Å². The fourth-order valence-electron chi connectivity index (χ4n) is 2.29. The lowest BCUT2D eigenvalue weighted by Crippen LogP contribution is -2.21. The Morgan fingerprint density at radius 2 is 1.81 bits per heavy atom. The van der Waals surface area contributed by atoms with Gasteiger partial charge in [-0.3, -0.25) is 0 Å². The summed E-state index contributed by atoms with van der Waals surface area (Å²) < 4.78 is 0. The lowest BCUT2D eigenvalue weighted by atomic mass is 10.1. The highest BCUT2D eigenvalue weighted by Gasteiger charge is 2.10. The van der Waals surface area contributed by atoms with E-state index in [2.05, 4.69) is 41.4 Å². The van der Waals surface area contributed by atoms with Crippen LogP contribution in [0.5, 0.6) is 0 Å². The molecule has 0 spiro atoms. The molecule has 1 aliphatic rings. The molecule has 0 aliphatic carbocycles. The lowest BCUT2D eigenvalue weighted by Gasteiger charge is -2.14. The summed E-state index contributed by atoms with van der Waals surface area (Å²) in [5, 5.41) is 3.32. The lowest BCUT2D eigenvalue weighted by molar-refractivity contribution is 0.343. The van der Waals surface area contributed by atoms with Gasteiger partial charge >= 0.3 is 0 Å². The maximum Gasteiger partial charge on any atom is 0.0340 e. The van der Waals surface area contributed by atoms with E-state index in [-0.39, 0.29) is 0 Å². The highest BCUT2D eigenvalue weighted by atomic mass is 15.1. The first-order valence-corrected chi connectivity index (χ1v) is 6.43. The molecule has 0 amide bonds. The molecule has 0 bridgehead atoms. The van der Waals surface area contributed by atoms with Crippen molar-refractivity contribution in [2.75, 3.05) is 31.5 Å². The molecule has 0 atom stereocenters. The molecule has 16 heavy (non-hydrogen) atoms. The third kappa shape index (κ3) is 3.24. The van der Waals surface area contributed by atoms with Crippen LogP contribution in [0.1, 0.15) is 25.3 Å². The second-order valence-corrected chi connectivity index (χ2v) is 4.53. The topological polar surface area (TPSA) is 15.3 Å². The Kier molecular flexibility index (Phi) is 4.23. The van der Waals surface area contributed by atoms with Gasteiger partial charge in [0.05, 0.1) is 0 Å². The molecular weight excluding hydrogens is 196 g/mol. The van der Waals surface area contributed by atoms with Crippen molar-refractivity contribution >= 4 is 5.69 Å². The van der Waals surface area contributed by atoms with Crippen LogP contribution < -0.4 is 5.32 Å². The minimum absolute atomic E-state index is 0.993. The van der Waals surface area contributed by atoms with E-state index in [0.717, 1.165) is 6.54 Å². The van der Waals surface area contributed by atoms with Gasteiger partial charge in [0.1, 0.15) is 0 Å². The van der Waals surface area contributed by atoms with Crippen molar-refractivity contribution in [2.45, 2.75) is 26.2 Å². The molecule has 1 aromatic rings. The maximum atomic E-state index is 3.32. The molecule has 2 rings (SSSR count). The smallest absolute Gasteiger partial charge is 0.0340 e. The van der Waals surface area contributed by atoms with E-state index in [0.29, 0.717) is 0 Å². The Hall–Kier alpha value is -1.02. The molecule has 1 N–H and O–H groups in total. The first-order chi connectivity index (χ1) is 7.88. The van der Waals surface area contributed by atoms with Crippen LogP contribution in [0.15, 0.2) is 24.3 Å². The number of hydrogen-bond donors (Lipinski definition) is 1. The zero-order chi connectivity index (χ0) is 11.2. The van der Waals surface area contributed by atoms with Crippen molar-refractivity contribution in [3.63, 3.8) is 0 Å². The fraction of sp³-hybridized carbons (Fsp3) is 0.571. The standard InChI is InChI=1S/C14H22N2/c1-2-15-14-7-5-13(6-8-14)9-12-16-10-3-4-11-16/h5-8,15H,2-4,9-12H2,1H3. The number of hydrogen-bond acceptors (Lipinski definition) is 2. The van der Waals surface area contributed by atoms with Gasteiger partial charge in [-0.2, -0.15) is 0 Å². The van der Waals surface area contributed by atoms with Crippen molar-refractivity contribution in [1.29, 1.82) is 0 Å². The Bertz CT molecular complexity index is 299. The molecule has 1 heterocycles. The predicted molar refractivity (Wildman–Crippen MR) is 70.0 cm³/mol. The SMILES string of the molecule is CCNc1ccc(CCN2CCCC2)cc1. The number of rotatable bonds is 5. The van der Waals surface area contributed by atoms with Crippen molar-refractivity contribution in [2.24, 2.45) is 0 Å². The Morgan fingerprint density at radius 3 is 2.44 bits per heavy atom. The summed E-state index contributed by atoms with van der Waals surface area (Å²) in [4.78, 5) is 2.57. The maximum absolute atomic E-state index is 3.32. The number of likely N-dealkylation sites (tertiary alicyclic amines) is 1. The highest BCUT2D eigenvalue weighted by molar-refractivity contribution is 5.44. The van der Waals surface area contributed by atoms with Crippen LogP contribution >= 0.6 is 0 Å². The van der Waals surface area contributed by atoms with Crippen molar-refractivity contribution in [3.05, 3.63) is 29.8 Å². The summed E-state index contributed by atoms with van der Waals surface area (Å²) in [7, 11) is 0. The van der Waals surface area contributed by atoms with Crippen LogP contribution in [0.4, 0.5) is 5.69 Å². The van der Waals surface area contributed by atoms with Crippen LogP contribution in [-0.4, -0.2) is 31.1 Å². The normalized spacial score (nSPS) is 16.6. The quantitative estimate of drug-likeness (QED) is 0.817. The molecule has 2 heteroatoms. The highest BCUT2D eigenvalue weighted by Crippen LogP contribution is 2.12. The summed E-state index contributed by atoms with van der Waals surface area (Å²) in [5.74, 6) is 0. The largest absolute Gasteiger partial charge is 0.385 e. The average molecular weight is 218 g/mol. The van der Waals surface area contributed by atoms with Crippen LogP contribution in [0.3, 0.4) is 0 Å². The average Bonchev–Trinajstić information content (AvgIpc) is 2.82. The summed E-state index contributed by atoms with van der Waals surface area (Å²) >= 11 is 0. The summed E-state index contributed by atoms with van der Waals surface area (Å²) in [6.45, 7) is 6.94. The molecule has 0 radical (unpaired) electrons. The van der Waals surface area contributed by atoms with Gasteiger partial charge in [-0.15, -0.1) is 0 Å². The third-order valence-electron chi connectivity index (χ3n) is 3.25. The number of nitrogens with one attached hydrogen (secondary N) is 1. The summed E-state index contributed by atoms with van der Waals surface area (Å²) in [6, 6.07) is 8.85. The minimum atomic E-state index is 0.993. The van der Waals surface area contributed by atoms with Crippen molar-refractivity contribution < 1.29 is 0 Å². The molecule has 2 nitrogen and oxygen atoms in total. The zero-order valence-corrected chi connectivity index (χ0v) is 10.2. The van der Waals surface area contributed by atoms with E-state index < -0.39 is 0 Å². The third-order valence-corrected chi connectivity index (χ3v) is 3.25. The fourth-order valence-corrected chi connectivity index (χ4v) is 2.29. The van der Waals surface area contributed by atoms with E-state index in [1.807, 2.05) is 0 Å². The molecular formula is C14H22N2. The van der Waals surface area contributed by atoms with Crippen molar-refractivity contribution in [1.82, 2.24) is 4.90 Å².